The summed E-state index contributed by atoms with van der Waals surface area (Å²) in [6.07, 6.45) is 5.05. The zero-order valence-electron chi connectivity index (χ0n) is 20.4. The fourth-order valence-electron chi connectivity index (χ4n) is 6.24. The van der Waals surface area contributed by atoms with E-state index in [1.165, 1.54) is 6.07 Å². The minimum absolute atomic E-state index is 0.0171. The number of rotatable bonds is 6. The number of fused-ring (bicyclic) bond motifs is 2. The molecule has 0 radical (unpaired) electrons. The number of hydrogen-bond donors (Lipinski definition) is 5. The number of amides is 1. The molecule has 1 amide bonds. The fourth-order valence-corrected chi connectivity index (χ4v) is 7.33. The summed E-state index contributed by atoms with van der Waals surface area (Å²) in [6.45, 7) is 4.02. The van der Waals surface area contributed by atoms with E-state index in [0.29, 0.717) is 18.5 Å². The quantitative estimate of drug-likeness (QED) is 0.333. The molecular weight excluding hydrogens is 476 g/mol. The number of aliphatic hydroxyl groups is 2. The average molecular weight is 509 g/mol. The second-order valence-corrected chi connectivity index (χ2v) is 11.6. The van der Waals surface area contributed by atoms with Crippen LogP contribution < -0.4 is 10.6 Å². The summed E-state index contributed by atoms with van der Waals surface area (Å²) >= 11 is 1.56. The Balaban J connectivity index is 1.51. The lowest BCUT2D eigenvalue weighted by atomic mass is 9.47. The molecule has 5 rings (SSSR count). The van der Waals surface area contributed by atoms with Gasteiger partial charge in [0.15, 0.2) is 5.13 Å². The predicted octanol–water partition coefficient (Wildman–Crippen LogP) is 4.43. The third kappa shape index (κ3) is 4.36. The van der Waals surface area contributed by atoms with Crippen molar-refractivity contribution in [3.8, 4) is 5.75 Å². The van der Waals surface area contributed by atoms with Crippen molar-refractivity contribution in [3.05, 3.63) is 59.4 Å². The number of carbonyl (C=O) groups excluding carboxylic acids is 1. The number of nitrogens with one attached hydrogen (secondary N) is 2. The summed E-state index contributed by atoms with van der Waals surface area (Å²) in [4.78, 5) is 23.5. The lowest BCUT2D eigenvalue weighted by Gasteiger charge is -2.58. The minimum atomic E-state index is -0.675. The molecule has 1 saturated carbocycles. The van der Waals surface area contributed by atoms with Gasteiger partial charge in [-0.3, -0.25) is 9.78 Å². The molecule has 5 N–H and O–H groups in total. The fraction of sp³-hybridized carbons (Fsp3) is 0.444. The second kappa shape index (κ2) is 9.46. The predicted molar refractivity (Wildman–Crippen MR) is 139 cm³/mol. The van der Waals surface area contributed by atoms with E-state index in [-0.39, 0.29) is 41.9 Å². The maximum Gasteiger partial charge on any atom is 0.225 e. The number of hydrogen-bond acceptors (Lipinski definition) is 8. The Labute approximate surface area is 214 Å². The number of aromatic hydroxyl groups is 1. The highest BCUT2D eigenvalue weighted by atomic mass is 32.1. The Morgan fingerprint density at radius 2 is 2.03 bits per heavy atom. The van der Waals surface area contributed by atoms with Gasteiger partial charge in [-0.2, -0.15) is 0 Å². The van der Waals surface area contributed by atoms with Crippen LogP contribution in [0.3, 0.4) is 0 Å². The molecule has 0 spiro atoms. The average Bonchev–Trinajstić information content (AvgIpc) is 3.25. The molecule has 0 aliphatic heterocycles. The van der Waals surface area contributed by atoms with Crippen LogP contribution in [0.1, 0.15) is 49.6 Å². The highest BCUT2D eigenvalue weighted by Gasteiger charge is 2.59. The molecule has 2 aromatic heterocycles. The summed E-state index contributed by atoms with van der Waals surface area (Å²) < 4.78 is 0. The zero-order valence-corrected chi connectivity index (χ0v) is 21.3. The first-order chi connectivity index (χ1) is 17.2. The molecule has 0 saturated heterocycles. The number of benzene rings is 1. The number of anilines is 3. The zero-order chi connectivity index (χ0) is 25.5. The van der Waals surface area contributed by atoms with Gasteiger partial charge in [0.25, 0.3) is 0 Å². The topological polar surface area (TPSA) is 128 Å². The van der Waals surface area contributed by atoms with Gasteiger partial charge in [0.05, 0.1) is 30.3 Å². The van der Waals surface area contributed by atoms with E-state index in [9.17, 15) is 20.1 Å². The van der Waals surface area contributed by atoms with Gasteiger partial charge in [0.1, 0.15) is 5.75 Å². The number of aromatic nitrogens is 2. The van der Waals surface area contributed by atoms with Crippen LogP contribution in [0.2, 0.25) is 0 Å². The van der Waals surface area contributed by atoms with Crippen molar-refractivity contribution in [3.63, 3.8) is 0 Å². The third-order valence-electron chi connectivity index (χ3n) is 8.33. The summed E-state index contributed by atoms with van der Waals surface area (Å²) in [7, 11) is 0. The normalized spacial score (nSPS) is 29.2. The van der Waals surface area contributed by atoms with Crippen molar-refractivity contribution in [1.29, 1.82) is 0 Å². The van der Waals surface area contributed by atoms with E-state index in [4.69, 9.17) is 4.98 Å². The minimum Gasteiger partial charge on any atom is -0.508 e. The van der Waals surface area contributed by atoms with E-state index in [2.05, 4.69) is 22.5 Å². The number of pyridine rings is 1. The first kappa shape index (κ1) is 24.7. The van der Waals surface area contributed by atoms with E-state index in [1.54, 1.807) is 41.9 Å². The highest BCUT2D eigenvalue weighted by molar-refractivity contribution is 7.15. The largest absolute Gasteiger partial charge is 0.508 e. The van der Waals surface area contributed by atoms with Gasteiger partial charge >= 0.3 is 0 Å². The number of nitrogens with zero attached hydrogens (tertiary/aromatic N) is 2. The van der Waals surface area contributed by atoms with Gasteiger partial charge in [-0.15, -0.1) is 11.3 Å². The lowest BCUT2D eigenvalue weighted by molar-refractivity contribution is -0.143. The molecule has 5 atom stereocenters. The maximum atomic E-state index is 13.3. The van der Waals surface area contributed by atoms with Gasteiger partial charge in [-0.25, -0.2) is 4.98 Å². The second-order valence-electron chi connectivity index (χ2n) is 10.5. The van der Waals surface area contributed by atoms with Crippen LogP contribution in [0.15, 0.2) is 48.8 Å². The summed E-state index contributed by atoms with van der Waals surface area (Å²) in [6, 6.07) is 10.3. The van der Waals surface area contributed by atoms with Crippen molar-refractivity contribution in [2.24, 2.45) is 16.7 Å². The maximum absolute atomic E-state index is 13.3. The monoisotopic (exact) mass is 508 g/mol. The Hall–Kier alpha value is -3.01. The number of carbonyl (C=O) groups is 1. The molecule has 0 bridgehead atoms. The van der Waals surface area contributed by atoms with Gasteiger partial charge in [-0.05, 0) is 54.9 Å². The van der Waals surface area contributed by atoms with Gasteiger partial charge in [0, 0.05) is 40.6 Å². The molecule has 0 unspecified atom stereocenters. The van der Waals surface area contributed by atoms with Gasteiger partial charge in [-0.1, -0.05) is 19.9 Å². The van der Waals surface area contributed by atoms with Crippen LogP contribution in [-0.2, 0) is 11.2 Å². The van der Waals surface area contributed by atoms with E-state index < -0.39 is 11.5 Å². The van der Waals surface area contributed by atoms with Crippen LogP contribution >= 0.6 is 11.3 Å². The first-order valence-electron chi connectivity index (χ1n) is 12.3. The lowest BCUT2D eigenvalue weighted by Crippen LogP contribution is -2.57. The van der Waals surface area contributed by atoms with Crippen molar-refractivity contribution >= 4 is 33.8 Å². The molecule has 1 aromatic carbocycles. The van der Waals surface area contributed by atoms with Crippen LogP contribution in [0.4, 0.5) is 16.5 Å². The van der Waals surface area contributed by atoms with Gasteiger partial charge in [0.2, 0.25) is 5.91 Å². The third-order valence-corrected chi connectivity index (χ3v) is 9.33. The Morgan fingerprint density at radius 1 is 1.22 bits per heavy atom. The molecule has 2 heterocycles. The number of thiazole rings is 1. The molecule has 9 heteroatoms. The highest BCUT2D eigenvalue weighted by Crippen LogP contribution is 2.62. The van der Waals surface area contributed by atoms with Crippen molar-refractivity contribution in [1.82, 2.24) is 9.97 Å². The van der Waals surface area contributed by atoms with Crippen LogP contribution in [0.25, 0.3) is 0 Å². The van der Waals surface area contributed by atoms with E-state index >= 15 is 0 Å². The molecule has 1 fully saturated rings. The van der Waals surface area contributed by atoms with Crippen LogP contribution in [0, 0.1) is 16.7 Å². The van der Waals surface area contributed by atoms with E-state index in [0.717, 1.165) is 27.8 Å². The Kier molecular flexibility index (Phi) is 6.48. The van der Waals surface area contributed by atoms with Crippen molar-refractivity contribution in [2.45, 2.75) is 51.6 Å². The van der Waals surface area contributed by atoms with E-state index in [1.807, 2.05) is 19.1 Å². The van der Waals surface area contributed by atoms with Crippen molar-refractivity contribution < 1.29 is 20.1 Å². The summed E-state index contributed by atoms with van der Waals surface area (Å²) in [5, 5.41) is 38.1. The Morgan fingerprint density at radius 3 is 2.75 bits per heavy atom. The molecule has 3 aromatic rings. The summed E-state index contributed by atoms with van der Waals surface area (Å²) in [5.74, 6) is -0.283. The number of phenols is 1. The first-order valence-corrected chi connectivity index (χ1v) is 13.1. The molecule has 8 nitrogen and oxygen atoms in total. The van der Waals surface area contributed by atoms with Crippen molar-refractivity contribution in [2.75, 3.05) is 17.2 Å². The SMILES string of the molecule is C[C@]1(CO)[C@H]2Cc3sc(Nc4cccnc4)nc3[C@@H](CC(=O)Nc3cccc(O)c3)[C@]2(C)CC[C@H]1O. The summed E-state index contributed by atoms with van der Waals surface area (Å²) in [5.41, 5.74) is 1.27. The standard InChI is InChI=1S/C27H32N4O4S/c1-26-9-8-22(34)27(2,15-32)21(26)13-20-24(31-25(36-20)30-17-6-4-10-28-14-17)19(26)12-23(35)29-16-5-3-7-18(33)11-16/h3-7,10-11,14,19,21-22,32-34H,8-9,12-13,15H2,1-2H3,(H,29,35)(H,30,31)/t19-,21+,22-,26+,27+/m1/s1. The Bertz CT molecular complexity index is 1250. The molecular formula is C27H32N4O4S. The van der Waals surface area contributed by atoms with Gasteiger partial charge < -0.3 is 26.0 Å². The molecule has 2 aliphatic rings. The van der Waals surface area contributed by atoms with Crippen LogP contribution in [0.5, 0.6) is 5.75 Å². The molecule has 2 aliphatic carbocycles. The smallest absolute Gasteiger partial charge is 0.225 e. The number of aliphatic hydroxyl groups excluding tert-OH is 2. The molecule has 36 heavy (non-hydrogen) atoms. The number of phenolic OH excluding ortho intramolecular Hbond substituents is 1. The molecule has 190 valence electrons. The van der Waals surface area contributed by atoms with Crippen LogP contribution in [-0.4, -0.2) is 43.9 Å².